The second-order valence-corrected chi connectivity index (χ2v) is 6.39. The van der Waals surface area contributed by atoms with E-state index in [0.29, 0.717) is 12.1 Å². The molecule has 0 saturated heterocycles. The maximum Gasteiger partial charge on any atom is 0.0693 e. The van der Waals surface area contributed by atoms with E-state index in [1.165, 1.54) is 38.5 Å². The molecule has 2 heteroatoms. The molecule has 0 amide bonds. The number of hydrogen-bond donors (Lipinski definition) is 2. The highest BCUT2D eigenvalue weighted by Crippen LogP contribution is 2.30. The Morgan fingerprint density at radius 2 is 1.47 bits per heavy atom. The van der Waals surface area contributed by atoms with Gasteiger partial charge in [0.1, 0.15) is 0 Å². The zero-order valence-electron chi connectivity index (χ0n) is 11.5. The molecular weight excluding hydrogens is 210 g/mol. The number of nitrogens with one attached hydrogen (secondary N) is 1. The topological polar surface area (TPSA) is 32.3 Å². The smallest absolute Gasteiger partial charge is 0.0693 e. The Kier molecular flexibility index (Phi) is 4.87. The van der Waals surface area contributed by atoms with Crippen LogP contribution in [0.4, 0.5) is 0 Å². The first-order chi connectivity index (χ1) is 8.18. The Bertz CT molecular complexity index is 221. The molecule has 17 heavy (non-hydrogen) atoms. The van der Waals surface area contributed by atoms with Gasteiger partial charge in [-0.2, -0.15) is 0 Å². The van der Waals surface area contributed by atoms with Gasteiger partial charge in [-0.1, -0.05) is 39.5 Å². The van der Waals surface area contributed by atoms with Gasteiger partial charge in [-0.3, -0.25) is 0 Å². The summed E-state index contributed by atoms with van der Waals surface area (Å²) in [6.07, 6.45) is 9.91. The molecule has 0 aromatic heterocycles. The van der Waals surface area contributed by atoms with E-state index in [0.717, 1.165) is 24.7 Å². The lowest BCUT2D eigenvalue weighted by atomic mass is 9.78. The van der Waals surface area contributed by atoms with E-state index in [4.69, 9.17) is 0 Å². The van der Waals surface area contributed by atoms with Gasteiger partial charge in [0.25, 0.3) is 0 Å². The quantitative estimate of drug-likeness (QED) is 0.726. The monoisotopic (exact) mass is 239 g/mol. The first kappa shape index (κ1) is 13.4. The molecule has 0 aliphatic heterocycles. The Balaban J connectivity index is 1.92. The van der Waals surface area contributed by atoms with Crippen molar-refractivity contribution in [2.24, 2.45) is 11.8 Å². The van der Waals surface area contributed by atoms with Gasteiger partial charge in [-0.25, -0.2) is 0 Å². The molecular formula is C15H29NO. The van der Waals surface area contributed by atoms with Crippen LogP contribution in [0.1, 0.15) is 65.2 Å². The molecule has 0 bridgehead atoms. The number of rotatable bonds is 2. The molecule has 4 unspecified atom stereocenters. The minimum absolute atomic E-state index is 0.112. The second-order valence-electron chi connectivity index (χ2n) is 6.39. The van der Waals surface area contributed by atoms with Crippen molar-refractivity contribution in [3.8, 4) is 0 Å². The summed E-state index contributed by atoms with van der Waals surface area (Å²) in [6, 6.07) is 0.979. The fraction of sp³-hybridized carbons (Fsp3) is 1.00. The van der Waals surface area contributed by atoms with Crippen molar-refractivity contribution in [1.29, 1.82) is 0 Å². The lowest BCUT2D eigenvalue weighted by Gasteiger charge is -2.39. The summed E-state index contributed by atoms with van der Waals surface area (Å²) < 4.78 is 0. The second kappa shape index (κ2) is 6.19. The van der Waals surface area contributed by atoms with Gasteiger partial charge in [0.05, 0.1) is 6.10 Å². The first-order valence-electron chi connectivity index (χ1n) is 7.62. The van der Waals surface area contributed by atoms with Crippen LogP contribution in [0.5, 0.6) is 0 Å². The standard InChI is InChI=1S/C15H29NO/c1-11-7-6-8-12(2)15(11)16-13-9-4-3-5-10-14(13)17/h11-17H,3-10H2,1-2H3. The summed E-state index contributed by atoms with van der Waals surface area (Å²) in [5.74, 6) is 1.54. The van der Waals surface area contributed by atoms with Crippen LogP contribution in [0.3, 0.4) is 0 Å². The normalized spacial score (nSPS) is 44.3. The Hall–Kier alpha value is -0.0800. The molecule has 100 valence electrons. The molecule has 2 saturated carbocycles. The lowest BCUT2D eigenvalue weighted by Crippen LogP contribution is -2.51. The van der Waals surface area contributed by atoms with Gasteiger partial charge in [-0.15, -0.1) is 0 Å². The van der Waals surface area contributed by atoms with Crippen molar-refractivity contribution >= 4 is 0 Å². The van der Waals surface area contributed by atoms with Gasteiger partial charge in [0, 0.05) is 12.1 Å². The van der Waals surface area contributed by atoms with E-state index in [-0.39, 0.29) is 6.10 Å². The van der Waals surface area contributed by atoms with Gasteiger partial charge < -0.3 is 10.4 Å². The van der Waals surface area contributed by atoms with Crippen LogP contribution in [-0.4, -0.2) is 23.3 Å². The molecule has 0 aromatic carbocycles. The van der Waals surface area contributed by atoms with Crippen LogP contribution in [0, 0.1) is 11.8 Å². The zero-order valence-corrected chi connectivity index (χ0v) is 11.5. The van der Waals surface area contributed by atoms with E-state index in [9.17, 15) is 5.11 Å². The summed E-state index contributed by atoms with van der Waals surface area (Å²) in [4.78, 5) is 0. The van der Waals surface area contributed by atoms with E-state index < -0.39 is 0 Å². The largest absolute Gasteiger partial charge is 0.392 e. The molecule has 2 aliphatic carbocycles. The van der Waals surface area contributed by atoms with Gasteiger partial charge >= 0.3 is 0 Å². The SMILES string of the molecule is CC1CCCC(C)C1NC1CCCCCC1O. The molecule has 0 heterocycles. The third kappa shape index (κ3) is 3.45. The minimum atomic E-state index is -0.112. The highest BCUT2D eigenvalue weighted by molar-refractivity contribution is 4.89. The number of aliphatic hydroxyl groups is 1. The number of aliphatic hydroxyl groups excluding tert-OH is 1. The Morgan fingerprint density at radius 1 is 0.824 bits per heavy atom. The van der Waals surface area contributed by atoms with E-state index in [2.05, 4.69) is 19.2 Å². The fourth-order valence-electron chi connectivity index (χ4n) is 3.74. The predicted molar refractivity (Wildman–Crippen MR) is 72.0 cm³/mol. The maximum absolute atomic E-state index is 10.2. The molecule has 2 aliphatic rings. The van der Waals surface area contributed by atoms with E-state index in [1.54, 1.807) is 0 Å². The highest BCUT2D eigenvalue weighted by Gasteiger charge is 2.31. The molecule has 0 spiro atoms. The predicted octanol–water partition coefficient (Wildman–Crippen LogP) is 3.09. The molecule has 0 aromatic rings. The van der Waals surface area contributed by atoms with Crippen molar-refractivity contribution in [2.45, 2.75) is 83.4 Å². The van der Waals surface area contributed by atoms with Crippen molar-refractivity contribution < 1.29 is 5.11 Å². The van der Waals surface area contributed by atoms with E-state index >= 15 is 0 Å². The molecule has 2 N–H and O–H groups in total. The van der Waals surface area contributed by atoms with Crippen molar-refractivity contribution in [3.05, 3.63) is 0 Å². The number of hydrogen-bond acceptors (Lipinski definition) is 2. The molecule has 2 fully saturated rings. The van der Waals surface area contributed by atoms with Crippen LogP contribution in [0.2, 0.25) is 0 Å². The van der Waals surface area contributed by atoms with Crippen LogP contribution in [-0.2, 0) is 0 Å². The van der Waals surface area contributed by atoms with Gasteiger partial charge in [0.15, 0.2) is 0 Å². The average Bonchev–Trinajstić information content (AvgIpc) is 2.49. The van der Waals surface area contributed by atoms with Crippen LogP contribution in [0.25, 0.3) is 0 Å². The summed E-state index contributed by atoms with van der Waals surface area (Å²) in [5.41, 5.74) is 0. The average molecular weight is 239 g/mol. The lowest BCUT2D eigenvalue weighted by molar-refractivity contribution is 0.0911. The van der Waals surface area contributed by atoms with Gasteiger partial charge in [-0.05, 0) is 37.5 Å². The summed E-state index contributed by atoms with van der Waals surface area (Å²) in [5, 5.41) is 14.0. The summed E-state index contributed by atoms with van der Waals surface area (Å²) in [6.45, 7) is 4.74. The first-order valence-corrected chi connectivity index (χ1v) is 7.62. The fourth-order valence-corrected chi connectivity index (χ4v) is 3.74. The molecule has 2 nitrogen and oxygen atoms in total. The van der Waals surface area contributed by atoms with Crippen LogP contribution in [0.15, 0.2) is 0 Å². The molecule has 2 rings (SSSR count). The minimum Gasteiger partial charge on any atom is -0.392 e. The summed E-state index contributed by atoms with van der Waals surface area (Å²) >= 11 is 0. The zero-order chi connectivity index (χ0) is 12.3. The van der Waals surface area contributed by atoms with E-state index in [1.807, 2.05) is 0 Å². The highest BCUT2D eigenvalue weighted by atomic mass is 16.3. The third-order valence-electron chi connectivity index (χ3n) is 4.93. The van der Waals surface area contributed by atoms with Gasteiger partial charge in [0.2, 0.25) is 0 Å². The van der Waals surface area contributed by atoms with Crippen LogP contribution < -0.4 is 5.32 Å². The van der Waals surface area contributed by atoms with Crippen molar-refractivity contribution in [3.63, 3.8) is 0 Å². The van der Waals surface area contributed by atoms with Crippen molar-refractivity contribution in [1.82, 2.24) is 5.32 Å². The third-order valence-corrected chi connectivity index (χ3v) is 4.93. The summed E-state index contributed by atoms with van der Waals surface area (Å²) in [7, 11) is 0. The Labute approximate surface area is 106 Å². The molecule has 4 atom stereocenters. The maximum atomic E-state index is 10.2. The van der Waals surface area contributed by atoms with Crippen LogP contribution >= 0.6 is 0 Å². The van der Waals surface area contributed by atoms with Crippen molar-refractivity contribution in [2.75, 3.05) is 0 Å². The Morgan fingerprint density at radius 3 is 2.18 bits per heavy atom. The molecule has 0 radical (unpaired) electrons.